The quantitative estimate of drug-likeness (QED) is 0.638. The molecule has 1 aromatic carbocycles. The minimum Gasteiger partial charge on any atom is -0.493 e. The van der Waals surface area contributed by atoms with E-state index in [4.69, 9.17) is 20.3 Å². The summed E-state index contributed by atoms with van der Waals surface area (Å²) < 4.78 is 10.9. The van der Waals surface area contributed by atoms with E-state index in [2.05, 4.69) is 0 Å². The summed E-state index contributed by atoms with van der Waals surface area (Å²) >= 11 is 0. The molecule has 0 bridgehead atoms. The van der Waals surface area contributed by atoms with Crippen LogP contribution in [0.5, 0.6) is 5.75 Å². The van der Waals surface area contributed by atoms with Crippen molar-refractivity contribution in [2.45, 2.75) is 19.4 Å². The van der Waals surface area contributed by atoms with E-state index >= 15 is 0 Å². The zero-order chi connectivity index (χ0) is 12.3. The van der Waals surface area contributed by atoms with Crippen LogP contribution in [0.1, 0.15) is 18.4 Å². The van der Waals surface area contributed by atoms with Crippen molar-refractivity contribution in [3.8, 4) is 5.75 Å². The molecule has 96 valence electrons. The summed E-state index contributed by atoms with van der Waals surface area (Å²) in [7, 11) is 0. The Morgan fingerprint density at radius 3 is 2.71 bits per heavy atom. The van der Waals surface area contributed by atoms with Crippen molar-refractivity contribution in [2.75, 3.05) is 26.4 Å². The Bertz CT molecular complexity index is 304. The molecule has 0 fully saturated rings. The van der Waals surface area contributed by atoms with Crippen LogP contribution in [0.25, 0.3) is 0 Å². The molecule has 1 rings (SSSR count). The van der Waals surface area contributed by atoms with Gasteiger partial charge in [-0.15, -0.1) is 0 Å². The van der Waals surface area contributed by atoms with E-state index < -0.39 is 0 Å². The van der Waals surface area contributed by atoms with Gasteiger partial charge in [-0.3, -0.25) is 0 Å². The molecule has 0 saturated heterocycles. The van der Waals surface area contributed by atoms with Gasteiger partial charge in [0.15, 0.2) is 0 Å². The highest BCUT2D eigenvalue weighted by atomic mass is 16.5. The second-order valence-electron chi connectivity index (χ2n) is 3.74. The van der Waals surface area contributed by atoms with E-state index in [0.717, 1.165) is 17.7 Å². The first-order valence-corrected chi connectivity index (χ1v) is 5.97. The Hall–Kier alpha value is -1.10. The lowest BCUT2D eigenvalue weighted by molar-refractivity contribution is 0.104. The molecule has 0 aliphatic carbocycles. The normalized spacial score (nSPS) is 10.5. The largest absolute Gasteiger partial charge is 0.493 e. The van der Waals surface area contributed by atoms with Gasteiger partial charge in [-0.1, -0.05) is 12.1 Å². The Labute approximate surface area is 102 Å². The van der Waals surface area contributed by atoms with Gasteiger partial charge in [-0.25, -0.2) is 0 Å². The monoisotopic (exact) mass is 239 g/mol. The Balaban J connectivity index is 2.09. The molecule has 1 aromatic rings. The van der Waals surface area contributed by atoms with Gasteiger partial charge in [0.25, 0.3) is 0 Å². The number of nitrogens with two attached hydrogens (primary N) is 1. The maximum atomic E-state index is 8.55. The van der Waals surface area contributed by atoms with Crippen LogP contribution in [-0.2, 0) is 11.3 Å². The van der Waals surface area contributed by atoms with Crippen LogP contribution in [-0.4, -0.2) is 31.5 Å². The summed E-state index contributed by atoms with van der Waals surface area (Å²) in [6.07, 6.45) is 1.54. The van der Waals surface area contributed by atoms with Crippen molar-refractivity contribution < 1.29 is 14.6 Å². The second-order valence-corrected chi connectivity index (χ2v) is 3.74. The number of hydrogen-bond acceptors (Lipinski definition) is 4. The lowest BCUT2D eigenvalue weighted by atomic mass is 10.2. The third kappa shape index (κ3) is 6.26. The molecular weight excluding hydrogens is 218 g/mol. The lowest BCUT2D eigenvalue weighted by Gasteiger charge is -2.07. The summed E-state index contributed by atoms with van der Waals surface area (Å²) in [6.45, 7) is 2.62. The smallest absolute Gasteiger partial charge is 0.119 e. The molecule has 0 atom stereocenters. The van der Waals surface area contributed by atoms with Crippen LogP contribution in [0, 0.1) is 0 Å². The van der Waals surface area contributed by atoms with Gasteiger partial charge >= 0.3 is 0 Å². The minimum absolute atomic E-state index is 0.183. The minimum atomic E-state index is 0.183. The standard InChI is InChI=1S/C13H21NO3/c14-11-12-4-1-5-13(10-12)17-9-3-8-16-7-2-6-15/h1,4-5,10,15H,2-3,6-9,11,14H2. The maximum absolute atomic E-state index is 8.55. The first-order valence-electron chi connectivity index (χ1n) is 5.97. The van der Waals surface area contributed by atoms with Gasteiger partial charge in [0.2, 0.25) is 0 Å². The first kappa shape index (κ1) is 14.0. The fourth-order valence-electron chi connectivity index (χ4n) is 1.38. The molecular formula is C13H21NO3. The van der Waals surface area contributed by atoms with Crippen molar-refractivity contribution in [2.24, 2.45) is 5.73 Å². The van der Waals surface area contributed by atoms with E-state index in [1.165, 1.54) is 0 Å². The highest BCUT2D eigenvalue weighted by Crippen LogP contribution is 2.12. The van der Waals surface area contributed by atoms with Crippen LogP contribution in [0.4, 0.5) is 0 Å². The van der Waals surface area contributed by atoms with Gasteiger partial charge in [0.05, 0.1) is 6.61 Å². The highest BCUT2D eigenvalue weighted by molar-refractivity contribution is 5.28. The molecule has 4 nitrogen and oxygen atoms in total. The Morgan fingerprint density at radius 2 is 1.94 bits per heavy atom. The molecule has 0 aliphatic heterocycles. The van der Waals surface area contributed by atoms with Gasteiger partial charge in [0.1, 0.15) is 5.75 Å². The van der Waals surface area contributed by atoms with Crippen LogP contribution in [0.15, 0.2) is 24.3 Å². The molecule has 0 aromatic heterocycles. The number of hydrogen-bond donors (Lipinski definition) is 2. The molecule has 17 heavy (non-hydrogen) atoms. The third-order valence-corrected chi connectivity index (χ3v) is 2.28. The number of benzene rings is 1. The molecule has 0 spiro atoms. The zero-order valence-corrected chi connectivity index (χ0v) is 10.1. The van der Waals surface area contributed by atoms with Crippen molar-refractivity contribution >= 4 is 0 Å². The lowest BCUT2D eigenvalue weighted by Crippen LogP contribution is -2.05. The van der Waals surface area contributed by atoms with Crippen molar-refractivity contribution in [3.05, 3.63) is 29.8 Å². The average Bonchev–Trinajstić information content (AvgIpc) is 2.38. The maximum Gasteiger partial charge on any atom is 0.119 e. The predicted molar refractivity (Wildman–Crippen MR) is 67.0 cm³/mol. The van der Waals surface area contributed by atoms with E-state index in [9.17, 15) is 0 Å². The van der Waals surface area contributed by atoms with E-state index in [-0.39, 0.29) is 6.61 Å². The molecule has 3 N–H and O–H groups in total. The molecule has 0 heterocycles. The van der Waals surface area contributed by atoms with Crippen molar-refractivity contribution in [1.82, 2.24) is 0 Å². The topological polar surface area (TPSA) is 64.7 Å². The molecule has 0 unspecified atom stereocenters. The van der Waals surface area contributed by atoms with Gasteiger partial charge < -0.3 is 20.3 Å². The number of aliphatic hydroxyl groups excluding tert-OH is 1. The molecule has 0 amide bonds. The molecule has 4 heteroatoms. The SMILES string of the molecule is NCc1cccc(OCCCOCCCO)c1. The van der Waals surface area contributed by atoms with E-state index in [1.807, 2.05) is 24.3 Å². The number of aliphatic hydroxyl groups is 1. The fourth-order valence-corrected chi connectivity index (χ4v) is 1.38. The zero-order valence-electron chi connectivity index (χ0n) is 10.1. The van der Waals surface area contributed by atoms with Gasteiger partial charge in [-0.2, -0.15) is 0 Å². The van der Waals surface area contributed by atoms with E-state index in [1.54, 1.807) is 0 Å². The summed E-state index contributed by atoms with van der Waals surface area (Å²) in [5, 5.41) is 8.55. The van der Waals surface area contributed by atoms with Gasteiger partial charge in [-0.05, 0) is 24.1 Å². The number of rotatable bonds is 9. The third-order valence-electron chi connectivity index (χ3n) is 2.28. The van der Waals surface area contributed by atoms with E-state index in [0.29, 0.717) is 32.8 Å². The first-order chi connectivity index (χ1) is 8.36. The van der Waals surface area contributed by atoms with Crippen LogP contribution in [0.3, 0.4) is 0 Å². The summed E-state index contributed by atoms with van der Waals surface area (Å²) in [4.78, 5) is 0. The van der Waals surface area contributed by atoms with Crippen LogP contribution >= 0.6 is 0 Å². The molecule has 0 radical (unpaired) electrons. The van der Waals surface area contributed by atoms with Crippen molar-refractivity contribution in [1.29, 1.82) is 0 Å². The average molecular weight is 239 g/mol. The summed E-state index contributed by atoms with van der Waals surface area (Å²) in [5.74, 6) is 0.850. The molecule has 0 saturated carbocycles. The summed E-state index contributed by atoms with van der Waals surface area (Å²) in [5.41, 5.74) is 6.62. The Kier molecular flexibility index (Phi) is 7.38. The fraction of sp³-hybridized carbons (Fsp3) is 0.538. The highest BCUT2D eigenvalue weighted by Gasteiger charge is 1.95. The Morgan fingerprint density at radius 1 is 1.12 bits per heavy atom. The van der Waals surface area contributed by atoms with Crippen LogP contribution in [0.2, 0.25) is 0 Å². The number of ether oxygens (including phenoxy) is 2. The summed E-state index contributed by atoms with van der Waals surface area (Å²) in [6, 6.07) is 7.79. The molecule has 0 aliphatic rings. The second kappa shape index (κ2) is 8.98. The van der Waals surface area contributed by atoms with Crippen molar-refractivity contribution in [3.63, 3.8) is 0 Å². The van der Waals surface area contributed by atoms with Crippen LogP contribution < -0.4 is 10.5 Å². The van der Waals surface area contributed by atoms with Gasteiger partial charge in [0, 0.05) is 32.8 Å². The predicted octanol–water partition coefficient (Wildman–Crippen LogP) is 1.31.